The highest BCUT2D eigenvalue weighted by Gasteiger charge is 2.33. The lowest BCUT2D eigenvalue weighted by atomic mass is 9.98. The van der Waals surface area contributed by atoms with Gasteiger partial charge in [-0.15, -0.1) is 0 Å². The fraction of sp³-hybridized carbons (Fsp3) is 0.692. The van der Waals surface area contributed by atoms with Crippen molar-refractivity contribution < 1.29 is 13.2 Å². The highest BCUT2D eigenvalue weighted by molar-refractivity contribution is 5.09. The van der Waals surface area contributed by atoms with E-state index in [2.05, 4.69) is 15.3 Å². The summed E-state index contributed by atoms with van der Waals surface area (Å²) in [6.07, 6.45) is -1.45. The number of rotatable bonds is 6. The molecule has 0 aliphatic carbocycles. The van der Waals surface area contributed by atoms with E-state index in [1.807, 2.05) is 20.8 Å². The Kier molecular flexibility index (Phi) is 5.72. The second-order valence-corrected chi connectivity index (χ2v) is 4.56. The first-order valence-electron chi connectivity index (χ1n) is 6.53. The molecular weight excluding hydrogens is 255 g/mol. The second-order valence-electron chi connectivity index (χ2n) is 4.56. The van der Waals surface area contributed by atoms with Crippen molar-refractivity contribution in [3.63, 3.8) is 0 Å². The molecule has 0 aliphatic rings. The first-order chi connectivity index (χ1) is 8.90. The molecule has 1 aromatic heterocycles. The zero-order chi connectivity index (χ0) is 14.5. The fourth-order valence-corrected chi connectivity index (χ4v) is 1.94. The molecule has 0 spiro atoms. The zero-order valence-corrected chi connectivity index (χ0v) is 11.5. The molecule has 1 N–H and O–H groups in total. The van der Waals surface area contributed by atoms with Crippen LogP contribution in [0.1, 0.15) is 51.0 Å². The third kappa shape index (κ3) is 4.45. The van der Waals surface area contributed by atoms with Crippen LogP contribution in [-0.4, -0.2) is 22.6 Å². The van der Waals surface area contributed by atoms with Gasteiger partial charge in [-0.05, 0) is 25.5 Å². The highest BCUT2D eigenvalue weighted by atomic mass is 19.4. The second kappa shape index (κ2) is 6.84. The topological polar surface area (TPSA) is 37.8 Å². The highest BCUT2D eigenvalue weighted by Crippen LogP contribution is 2.28. The van der Waals surface area contributed by atoms with Crippen LogP contribution < -0.4 is 5.32 Å². The van der Waals surface area contributed by atoms with E-state index in [9.17, 15) is 13.2 Å². The van der Waals surface area contributed by atoms with Crippen molar-refractivity contribution in [2.75, 3.05) is 6.54 Å². The van der Waals surface area contributed by atoms with Crippen molar-refractivity contribution in [2.45, 2.75) is 51.7 Å². The summed E-state index contributed by atoms with van der Waals surface area (Å²) < 4.78 is 37.8. The Balaban J connectivity index is 2.89. The molecule has 3 nitrogen and oxygen atoms in total. The normalized spacial score (nSPS) is 15.3. The molecule has 0 saturated heterocycles. The summed E-state index contributed by atoms with van der Waals surface area (Å²) in [5, 5.41) is 3.31. The van der Waals surface area contributed by atoms with Gasteiger partial charge in [0, 0.05) is 18.2 Å². The zero-order valence-electron chi connectivity index (χ0n) is 11.5. The summed E-state index contributed by atoms with van der Waals surface area (Å²) in [6, 6.07) is 0.986. The Morgan fingerprint density at radius 1 is 1.32 bits per heavy atom. The Hall–Kier alpha value is -1.17. The van der Waals surface area contributed by atoms with E-state index in [-0.39, 0.29) is 17.8 Å². The molecule has 19 heavy (non-hydrogen) atoms. The van der Waals surface area contributed by atoms with Crippen LogP contribution in [0.5, 0.6) is 0 Å². The number of alkyl halides is 3. The average Bonchev–Trinajstić information content (AvgIpc) is 2.38. The first kappa shape index (κ1) is 15.9. The van der Waals surface area contributed by atoms with Gasteiger partial charge < -0.3 is 5.32 Å². The Bertz CT molecular complexity index is 393. The summed E-state index contributed by atoms with van der Waals surface area (Å²) in [5.74, 6) is 0.0872. The van der Waals surface area contributed by atoms with Gasteiger partial charge in [-0.1, -0.05) is 20.8 Å². The summed E-state index contributed by atoms with van der Waals surface area (Å²) in [5.41, 5.74) is -0.880. The largest absolute Gasteiger partial charge is 0.433 e. The smallest absolute Gasteiger partial charge is 0.313 e. The lowest BCUT2D eigenvalue weighted by Gasteiger charge is -2.23. The van der Waals surface area contributed by atoms with Gasteiger partial charge in [-0.2, -0.15) is 13.2 Å². The van der Waals surface area contributed by atoms with Gasteiger partial charge in [-0.25, -0.2) is 9.97 Å². The minimum absolute atomic E-state index is 0.0865. The van der Waals surface area contributed by atoms with Crippen molar-refractivity contribution in [2.24, 2.45) is 0 Å². The maximum Gasteiger partial charge on any atom is 0.433 e. The van der Waals surface area contributed by atoms with Crippen LogP contribution in [0.3, 0.4) is 0 Å². The van der Waals surface area contributed by atoms with Crippen LogP contribution in [0.4, 0.5) is 13.2 Å². The van der Waals surface area contributed by atoms with Crippen molar-refractivity contribution in [3.05, 3.63) is 23.8 Å². The standard InChI is InChI=1S/C13H20F3N3/c1-4-7-17-10(5-2)9(3)12-18-8-6-11(19-12)13(14,15)16/h6,8-10,17H,4-5,7H2,1-3H3. The van der Waals surface area contributed by atoms with Gasteiger partial charge in [0.05, 0.1) is 0 Å². The summed E-state index contributed by atoms with van der Waals surface area (Å²) >= 11 is 0. The quantitative estimate of drug-likeness (QED) is 0.865. The first-order valence-corrected chi connectivity index (χ1v) is 6.53. The molecule has 0 radical (unpaired) electrons. The number of aromatic nitrogens is 2. The van der Waals surface area contributed by atoms with Crippen LogP contribution in [0.25, 0.3) is 0 Å². The SMILES string of the molecule is CCCNC(CC)C(C)c1nccc(C(F)(F)F)n1. The lowest BCUT2D eigenvalue weighted by molar-refractivity contribution is -0.141. The van der Waals surface area contributed by atoms with Gasteiger partial charge in [-0.3, -0.25) is 0 Å². The minimum atomic E-state index is -4.42. The number of hydrogen-bond donors (Lipinski definition) is 1. The number of hydrogen-bond acceptors (Lipinski definition) is 3. The molecule has 0 aliphatic heterocycles. The van der Waals surface area contributed by atoms with Crippen LogP contribution in [0.15, 0.2) is 12.3 Å². The van der Waals surface area contributed by atoms with Crippen LogP contribution in [0.2, 0.25) is 0 Å². The van der Waals surface area contributed by atoms with E-state index in [0.717, 1.165) is 25.5 Å². The van der Waals surface area contributed by atoms with Gasteiger partial charge in [0.2, 0.25) is 0 Å². The maximum atomic E-state index is 12.6. The average molecular weight is 275 g/mol. The van der Waals surface area contributed by atoms with Gasteiger partial charge >= 0.3 is 6.18 Å². The molecular formula is C13H20F3N3. The number of nitrogens with zero attached hydrogens (tertiary/aromatic N) is 2. The van der Waals surface area contributed by atoms with Crippen molar-refractivity contribution in [1.82, 2.24) is 15.3 Å². The monoisotopic (exact) mass is 275 g/mol. The van der Waals surface area contributed by atoms with Crippen molar-refractivity contribution >= 4 is 0 Å². The van der Waals surface area contributed by atoms with Gasteiger partial charge in [0.25, 0.3) is 0 Å². The molecule has 0 saturated carbocycles. The molecule has 1 aromatic rings. The van der Waals surface area contributed by atoms with E-state index >= 15 is 0 Å². The van der Waals surface area contributed by atoms with E-state index in [4.69, 9.17) is 0 Å². The van der Waals surface area contributed by atoms with Crippen molar-refractivity contribution in [3.8, 4) is 0 Å². The molecule has 0 fully saturated rings. The minimum Gasteiger partial charge on any atom is -0.313 e. The molecule has 1 rings (SSSR count). The third-order valence-electron chi connectivity index (χ3n) is 3.07. The molecule has 108 valence electrons. The summed E-state index contributed by atoms with van der Waals surface area (Å²) in [7, 11) is 0. The molecule has 0 bridgehead atoms. The fourth-order valence-electron chi connectivity index (χ4n) is 1.94. The van der Waals surface area contributed by atoms with E-state index in [1.54, 1.807) is 0 Å². The Morgan fingerprint density at radius 2 is 2.00 bits per heavy atom. The van der Waals surface area contributed by atoms with E-state index in [1.165, 1.54) is 6.20 Å². The van der Waals surface area contributed by atoms with Crippen LogP contribution in [-0.2, 0) is 6.18 Å². The summed E-state index contributed by atoms with van der Waals surface area (Å²) in [4.78, 5) is 7.62. The molecule has 0 aromatic carbocycles. The molecule has 2 unspecified atom stereocenters. The third-order valence-corrected chi connectivity index (χ3v) is 3.07. The van der Waals surface area contributed by atoms with Gasteiger partial charge in [0.15, 0.2) is 0 Å². The maximum absolute atomic E-state index is 12.6. The molecule has 0 amide bonds. The summed E-state index contributed by atoms with van der Waals surface area (Å²) in [6.45, 7) is 6.73. The molecule has 6 heteroatoms. The Morgan fingerprint density at radius 3 is 2.53 bits per heavy atom. The number of nitrogens with one attached hydrogen (secondary N) is 1. The van der Waals surface area contributed by atoms with Crippen LogP contribution in [0, 0.1) is 0 Å². The predicted octanol–water partition coefficient (Wildman–Crippen LogP) is 3.38. The van der Waals surface area contributed by atoms with Gasteiger partial charge in [0.1, 0.15) is 11.5 Å². The Labute approximate surface area is 111 Å². The molecule has 2 atom stereocenters. The predicted molar refractivity (Wildman–Crippen MR) is 67.8 cm³/mol. The van der Waals surface area contributed by atoms with Crippen molar-refractivity contribution in [1.29, 1.82) is 0 Å². The van der Waals surface area contributed by atoms with E-state index in [0.29, 0.717) is 0 Å². The molecule has 1 heterocycles. The number of halogens is 3. The van der Waals surface area contributed by atoms with Crippen LogP contribution >= 0.6 is 0 Å². The lowest BCUT2D eigenvalue weighted by Crippen LogP contribution is -2.34. The van der Waals surface area contributed by atoms with E-state index < -0.39 is 11.9 Å².